The molecule has 0 saturated carbocycles. The Balaban J connectivity index is 2.77. The van der Waals surface area contributed by atoms with Gasteiger partial charge in [-0.05, 0) is 13.8 Å². The average Bonchev–Trinajstić information content (AvgIpc) is 2.71. The van der Waals surface area contributed by atoms with E-state index in [1.807, 2.05) is 0 Å². The molecule has 1 heterocycles. The van der Waals surface area contributed by atoms with Crippen molar-refractivity contribution in [1.82, 2.24) is 20.0 Å². The molecule has 0 aromatic carbocycles. The Kier molecular flexibility index (Phi) is 6.43. The van der Waals surface area contributed by atoms with Crippen LogP contribution in [0.5, 0.6) is 0 Å². The van der Waals surface area contributed by atoms with Crippen LogP contribution in [0.4, 0.5) is 4.79 Å². The van der Waals surface area contributed by atoms with E-state index >= 15 is 0 Å². The Morgan fingerprint density at radius 1 is 1.17 bits per heavy atom. The van der Waals surface area contributed by atoms with Gasteiger partial charge in [0, 0.05) is 19.6 Å². The first-order valence-corrected chi connectivity index (χ1v) is 7.19. The first-order chi connectivity index (χ1) is 10.9. The van der Waals surface area contributed by atoms with Gasteiger partial charge in [0.25, 0.3) is 0 Å². The summed E-state index contributed by atoms with van der Waals surface area (Å²) >= 11 is 0. The smallest absolute Gasteiger partial charge is 0.335 e. The number of nitrogens with one attached hydrogen (secondary N) is 1. The molecule has 23 heavy (non-hydrogen) atoms. The minimum atomic E-state index is -1.06. The summed E-state index contributed by atoms with van der Waals surface area (Å²) in [6.45, 7) is 6.61. The number of rotatable bonds is 8. The van der Waals surface area contributed by atoms with Crippen LogP contribution in [-0.2, 0) is 19.2 Å². The maximum atomic E-state index is 12.2. The number of imide groups is 2. The first-order valence-electron chi connectivity index (χ1n) is 7.19. The Morgan fingerprint density at radius 2 is 1.78 bits per heavy atom. The van der Waals surface area contributed by atoms with Gasteiger partial charge in [-0.1, -0.05) is 6.08 Å². The van der Waals surface area contributed by atoms with Crippen molar-refractivity contribution >= 4 is 29.7 Å². The molecule has 0 atom stereocenters. The third-order valence-corrected chi connectivity index (χ3v) is 3.18. The molecular weight excluding hydrogens is 304 g/mol. The Bertz CT molecular complexity index is 545. The zero-order valence-corrected chi connectivity index (χ0v) is 13.2. The van der Waals surface area contributed by atoms with Crippen LogP contribution in [0.3, 0.4) is 0 Å². The molecule has 0 bridgehead atoms. The van der Waals surface area contributed by atoms with E-state index in [1.165, 1.54) is 11.0 Å². The van der Waals surface area contributed by atoms with E-state index in [-0.39, 0.29) is 25.5 Å². The predicted octanol–water partition coefficient (Wildman–Crippen LogP) is -1.05. The molecule has 0 aromatic heterocycles. The third kappa shape index (κ3) is 4.15. The normalized spacial score (nSPS) is 14.3. The molecule has 9 heteroatoms. The van der Waals surface area contributed by atoms with Gasteiger partial charge >= 0.3 is 17.8 Å². The standard InChI is InChI=1S/C14H20N4O5/c1-4-7-17-12(21)13(22)18(14(17)23)9-11(20)16(6-3)8-10(19)15-5-2/h4H,1,5-9H2,2-3H3,(H,15,19). The summed E-state index contributed by atoms with van der Waals surface area (Å²) < 4.78 is 0. The second-order valence-corrected chi connectivity index (χ2v) is 4.74. The molecule has 0 aromatic rings. The molecule has 1 aliphatic heterocycles. The molecule has 0 aliphatic carbocycles. The van der Waals surface area contributed by atoms with Gasteiger partial charge in [-0.2, -0.15) is 0 Å². The minimum Gasteiger partial charge on any atom is -0.355 e. The van der Waals surface area contributed by atoms with Crippen molar-refractivity contribution in [1.29, 1.82) is 0 Å². The van der Waals surface area contributed by atoms with Crippen molar-refractivity contribution < 1.29 is 24.0 Å². The highest BCUT2D eigenvalue weighted by Gasteiger charge is 2.44. The highest BCUT2D eigenvalue weighted by atomic mass is 16.2. The molecule has 6 amide bonds. The van der Waals surface area contributed by atoms with E-state index in [9.17, 15) is 24.0 Å². The highest BCUT2D eigenvalue weighted by Crippen LogP contribution is 2.12. The molecule has 9 nitrogen and oxygen atoms in total. The number of urea groups is 1. The van der Waals surface area contributed by atoms with Crippen LogP contribution < -0.4 is 5.32 Å². The second-order valence-electron chi connectivity index (χ2n) is 4.74. The number of likely N-dealkylation sites (N-methyl/N-ethyl adjacent to an activating group) is 2. The fraction of sp³-hybridized carbons (Fsp3) is 0.500. The summed E-state index contributed by atoms with van der Waals surface area (Å²) in [6.07, 6.45) is 1.31. The van der Waals surface area contributed by atoms with E-state index in [1.54, 1.807) is 13.8 Å². The maximum absolute atomic E-state index is 12.2. The highest BCUT2D eigenvalue weighted by molar-refractivity contribution is 6.45. The summed E-state index contributed by atoms with van der Waals surface area (Å²) in [5.41, 5.74) is 0. The largest absolute Gasteiger partial charge is 0.355 e. The maximum Gasteiger partial charge on any atom is 0.335 e. The number of nitrogens with zero attached hydrogens (tertiary/aromatic N) is 3. The van der Waals surface area contributed by atoms with Crippen molar-refractivity contribution in [3.05, 3.63) is 12.7 Å². The van der Waals surface area contributed by atoms with Crippen LogP contribution in [0.2, 0.25) is 0 Å². The Hall–Kier alpha value is -2.71. The predicted molar refractivity (Wildman–Crippen MR) is 80.0 cm³/mol. The third-order valence-electron chi connectivity index (χ3n) is 3.18. The van der Waals surface area contributed by atoms with Crippen molar-refractivity contribution in [2.45, 2.75) is 13.8 Å². The minimum absolute atomic E-state index is 0.107. The summed E-state index contributed by atoms with van der Waals surface area (Å²) in [7, 11) is 0. The van der Waals surface area contributed by atoms with Gasteiger partial charge in [0.05, 0.1) is 6.54 Å². The molecule has 1 aliphatic rings. The van der Waals surface area contributed by atoms with Crippen LogP contribution in [0, 0.1) is 0 Å². The molecule has 0 radical (unpaired) electrons. The monoisotopic (exact) mass is 324 g/mol. The molecule has 1 fully saturated rings. The van der Waals surface area contributed by atoms with E-state index < -0.39 is 30.3 Å². The van der Waals surface area contributed by atoms with Gasteiger partial charge in [0.15, 0.2) is 0 Å². The summed E-state index contributed by atoms with van der Waals surface area (Å²) in [5.74, 6) is -2.98. The lowest BCUT2D eigenvalue weighted by Crippen LogP contribution is -2.46. The van der Waals surface area contributed by atoms with Crippen LogP contribution >= 0.6 is 0 Å². The summed E-state index contributed by atoms with van der Waals surface area (Å²) in [5, 5.41) is 2.55. The van der Waals surface area contributed by atoms with Gasteiger partial charge in [0.1, 0.15) is 6.54 Å². The molecular formula is C14H20N4O5. The lowest BCUT2D eigenvalue weighted by Gasteiger charge is -2.22. The molecule has 1 N–H and O–H groups in total. The fourth-order valence-electron chi connectivity index (χ4n) is 2.02. The summed E-state index contributed by atoms with van der Waals surface area (Å²) in [4.78, 5) is 61.7. The second kappa shape index (κ2) is 8.06. The van der Waals surface area contributed by atoms with E-state index in [4.69, 9.17) is 0 Å². The molecule has 1 rings (SSSR count). The lowest BCUT2D eigenvalue weighted by molar-refractivity contribution is -0.145. The molecule has 126 valence electrons. The fourth-order valence-corrected chi connectivity index (χ4v) is 2.02. The van der Waals surface area contributed by atoms with E-state index in [2.05, 4.69) is 11.9 Å². The number of amides is 6. The van der Waals surface area contributed by atoms with Crippen molar-refractivity contribution in [3.8, 4) is 0 Å². The van der Waals surface area contributed by atoms with Crippen molar-refractivity contribution in [3.63, 3.8) is 0 Å². The number of hydrogen-bond donors (Lipinski definition) is 1. The topological polar surface area (TPSA) is 107 Å². The zero-order valence-electron chi connectivity index (χ0n) is 13.2. The van der Waals surface area contributed by atoms with E-state index in [0.717, 1.165) is 0 Å². The van der Waals surface area contributed by atoms with Gasteiger partial charge in [-0.25, -0.2) is 9.69 Å². The van der Waals surface area contributed by atoms with Gasteiger partial charge < -0.3 is 10.2 Å². The number of hydrogen-bond acceptors (Lipinski definition) is 5. The number of carbonyl (C=O) groups is 5. The number of carbonyl (C=O) groups excluding carboxylic acids is 5. The van der Waals surface area contributed by atoms with Crippen molar-refractivity contribution in [2.24, 2.45) is 0 Å². The molecule has 1 saturated heterocycles. The first kappa shape index (κ1) is 18.3. The van der Waals surface area contributed by atoms with Crippen LogP contribution in [-0.4, -0.2) is 77.1 Å². The van der Waals surface area contributed by atoms with E-state index in [0.29, 0.717) is 16.3 Å². The SMILES string of the molecule is C=CCN1C(=O)C(=O)N(CC(=O)N(CC)CC(=O)NCC)C1=O. The zero-order chi connectivity index (χ0) is 17.6. The van der Waals surface area contributed by atoms with Gasteiger partial charge in [-0.3, -0.25) is 24.1 Å². The molecule has 0 unspecified atom stereocenters. The van der Waals surface area contributed by atoms with Crippen LogP contribution in [0.15, 0.2) is 12.7 Å². The Labute approximate surface area is 133 Å². The van der Waals surface area contributed by atoms with Gasteiger partial charge in [0.2, 0.25) is 11.8 Å². The lowest BCUT2D eigenvalue weighted by atomic mass is 10.4. The van der Waals surface area contributed by atoms with Crippen molar-refractivity contribution in [2.75, 3.05) is 32.7 Å². The van der Waals surface area contributed by atoms with Crippen LogP contribution in [0.25, 0.3) is 0 Å². The summed E-state index contributed by atoms with van der Waals surface area (Å²) in [6, 6.07) is -0.859. The Morgan fingerprint density at radius 3 is 2.30 bits per heavy atom. The van der Waals surface area contributed by atoms with Crippen LogP contribution in [0.1, 0.15) is 13.8 Å². The van der Waals surface area contributed by atoms with Gasteiger partial charge in [-0.15, -0.1) is 6.58 Å². The quantitative estimate of drug-likeness (QED) is 0.348. The molecule has 0 spiro atoms. The average molecular weight is 324 g/mol.